The van der Waals surface area contributed by atoms with Gasteiger partial charge in [0.15, 0.2) is 37.7 Å². The SMILES string of the molecule is COCC1OC2OC3C(CNC(=O)CCNc4ccn(O)c(=O)n4)OC(OC4C(COC)OC(OC5C(CNC(=O)CCNc6ccn(O)c(=O)n6)OC(OC6C(COC)OC(OC7C(CNC(=O)CCNc8ccn(O)c(=O)n8)OC(OC1C(OC)C2OC)C(OC)C7OC)C(OC)C6OC)C(OC)C5OC)C(OC)C4OC)C(OC)C3OC. The molecular formula is C72H114N12O36. The molecule has 30 unspecified atom stereocenters. The molecule has 12 bridgehead atoms. The molecule has 0 saturated carbocycles. The van der Waals surface area contributed by atoms with Crippen LogP contribution in [-0.2, 0) is 142 Å². The normalized spacial score (nSPS) is 35.4. The summed E-state index contributed by atoms with van der Waals surface area (Å²) in [6, 6.07) is 4.02. The van der Waals surface area contributed by atoms with Gasteiger partial charge in [0.25, 0.3) is 0 Å². The predicted octanol–water partition coefficient (Wildman–Crippen LogP) is -4.98. The van der Waals surface area contributed by atoms with Crippen molar-refractivity contribution in [3.05, 3.63) is 68.2 Å². The zero-order chi connectivity index (χ0) is 86.4. The van der Waals surface area contributed by atoms with Crippen LogP contribution in [-0.4, -0.2) is 412 Å². The van der Waals surface area contributed by atoms with Crippen molar-refractivity contribution >= 4 is 35.2 Å². The minimum atomic E-state index is -1.48. The van der Waals surface area contributed by atoms with E-state index in [1.165, 1.54) is 125 Å². The van der Waals surface area contributed by atoms with E-state index in [-0.39, 0.29) is 95.8 Å². The molecule has 0 aromatic carbocycles. The molecule has 25 heterocycles. The molecule has 9 N–H and O–H groups in total. The first-order valence-electron chi connectivity index (χ1n) is 38.6. The monoisotopic (exact) mass is 1720 g/mol. The summed E-state index contributed by atoms with van der Waals surface area (Å²) in [5.41, 5.74) is -2.86. The first-order chi connectivity index (χ1) is 58.0. The highest BCUT2D eigenvalue weighted by atomic mass is 16.8. The van der Waals surface area contributed by atoms with Gasteiger partial charge in [-0.25, -0.2) is 14.4 Å². The average molecular weight is 1720 g/mol. The summed E-state index contributed by atoms with van der Waals surface area (Å²) in [6.45, 7) is -1.67. The molecule has 3 aromatic heterocycles. The summed E-state index contributed by atoms with van der Waals surface area (Å²) < 4.78 is 179. The van der Waals surface area contributed by atoms with E-state index >= 15 is 0 Å². The molecule has 30 atom stereocenters. The Labute approximate surface area is 689 Å². The van der Waals surface area contributed by atoms with Crippen molar-refractivity contribution in [1.29, 1.82) is 0 Å². The highest BCUT2D eigenvalue weighted by molar-refractivity contribution is 5.77. The largest absolute Gasteiger partial charge is 0.424 e. The third kappa shape index (κ3) is 22.8. The van der Waals surface area contributed by atoms with Gasteiger partial charge in [-0.3, -0.25) is 14.4 Å². The molecule has 48 nitrogen and oxygen atoms in total. The Bertz CT molecular complexity index is 3470. The van der Waals surface area contributed by atoms with E-state index < -0.39 is 219 Å². The van der Waals surface area contributed by atoms with E-state index in [9.17, 15) is 44.4 Å². The lowest BCUT2D eigenvalue weighted by molar-refractivity contribution is -0.407. The van der Waals surface area contributed by atoms with Crippen molar-refractivity contribution in [3.63, 3.8) is 0 Å². The lowest BCUT2D eigenvalue weighted by Gasteiger charge is -2.53. The summed E-state index contributed by atoms with van der Waals surface area (Å²) in [5.74, 6) is -1.30. The van der Waals surface area contributed by atoms with Gasteiger partial charge in [0.1, 0.15) is 164 Å². The van der Waals surface area contributed by atoms with E-state index in [2.05, 4.69) is 46.9 Å². The van der Waals surface area contributed by atoms with Crippen molar-refractivity contribution < 1.29 is 158 Å². The Morgan fingerprint density at radius 2 is 0.500 bits per heavy atom. The second-order valence-corrected chi connectivity index (χ2v) is 28.4. The van der Waals surface area contributed by atoms with Crippen LogP contribution in [0.4, 0.5) is 17.5 Å². The van der Waals surface area contributed by atoms with Crippen LogP contribution in [0.25, 0.3) is 0 Å². The number of nitrogens with zero attached hydrogens (tertiary/aromatic N) is 6. The fourth-order valence-electron chi connectivity index (χ4n) is 15.6. The summed E-state index contributed by atoms with van der Waals surface area (Å²) in [4.78, 5) is 90.0. The number of ether oxygens (including phenoxy) is 27. The van der Waals surface area contributed by atoms with Gasteiger partial charge in [-0.1, -0.05) is 0 Å². The number of carbonyl (C=O) groups excluding carboxylic acids is 3. The van der Waals surface area contributed by atoms with E-state index in [1.54, 1.807) is 0 Å². The summed E-state index contributed by atoms with van der Waals surface area (Å²) in [7, 11) is 21.1. The number of amides is 3. The van der Waals surface area contributed by atoms with E-state index in [0.29, 0.717) is 14.2 Å². The first kappa shape index (κ1) is 95.0. The molecule has 25 rings (SSSR count). The lowest BCUT2D eigenvalue weighted by atomic mass is 9.94. The second-order valence-electron chi connectivity index (χ2n) is 28.4. The molecule has 48 heteroatoms. The fraction of sp³-hybridized carbons (Fsp3) is 0.792. The van der Waals surface area contributed by atoms with Crippen LogP contribution in [0, 0.1) is 0 Å². The molecule has 678 valence electrons. The number of anilines is 3. The summed E-state index contributed by atoms with van der Waals surface area (Å²) >= 11 is 0. The maximum atomic E-state index is 14.1. The fourth-order valence-corrected chi connectivity index (χ4v) is 15.6. The Balaban J connectivity index is 1.06. The first-order valence-corrected chi connectivity index (χ1v) is 38.6. The van der Waals surface area contributed by atoms with Crippen LogP contribution in [0.3, 0.4) is 0 Å². The van der Waals surface area contributed by atoms with E-state index in [0.717, 1.165) is 18.6 Å². The van der Waals surface area contributed by atoms with Crippen molar-refractivity contribution in [2.45, 2.75) is 203 Å². The number of methoxy groups -OCH3 is 15. The number of rotatable bonds is 36. The van der Waals surface area contributed by atoms with Crippen molar-refractivity contribution in [2.24, 2.45) is 0 Å². The average Bonchev–Trinajstić information content (AvgIpc) is 0.765. The van der Waals surface area contributed by atoms with Gasteiger partial charge < -0.3 is 175 Å². The summed E-state index contributed by atoms with van der Waals surface area (Å²) in [6.07, 6.45) is -35.4. The maximum absolute atomic E-state index is 14.1. The van der Waals surface area contributed by atoms with Gasteiger partial charge in [0.2, 0.25) is 17.7 Å². The number of nitrogens with one attached hydrogen (secondary N) is 6. The third-order valence-electron chi connectivity index (χ3n) is 21.4. The second kappa shape index (κ2) is 45.9. The smallest absolute Gasteiger partial charge is 0.382 e. The standard InChI is InChI=1S/C72H114N12O36/c1-94-31-37-49-55(100-7)61(106-13)67(112-37)115-46-34(28-76-43(85)16-22-73-40-19-25-82(91)70(88)79-40)110-65(59(104-11)52(46)97-4)119-50-38(32-95-2)114-69(63(108-15)56(50)101-8)117-48-36(30-78-45(87)18-24-75-42-21-27-84(93)72(90)81-42)111-66(60(105-12)54(48)99-6)120-51-39(33-96-3)113-68(62(107-14)57(51)102-9)116-47-35(109-64(118-49)58(103-10)53(47)98-5)29-77-44(86)17-23-74-41-20-26-83(92)71(89)80-41/h19-21,25-27,34-39,46-69,91-93H,16-18,22-24,28-33H2,1-15H3,(H,76,85)(H,77,86)(H,78,87)(H,73,79,88)(H,74,80,89)(H,75,81,90). The maximum Gasteiger partial charge on any atom is 0.382 e. The van der Waals surface area contributed by atoms with Crippen LogP contribution in [0.1, 0.15) is 19.3 Å². The number of carbonyl (C=O) groups is 3. The van der Waals surface area contributed by atoms with Crippen LogP contribution in [0.5, 0.6) is 0 Å². The number of aromatic nitrogens is 6. The zero-order valence-electron chi connectivity index (χ0n) is 69.3. The van der Waals surface area contributed by atoms with Gasteiger partial charge in [0.05, 0.1) is 38.4 Å². The molecule has 22 aliphatic heterocycles. The topological polar surface area (TPSA) is 538 Å². The minimum absolute atomic E-state index is 0.0290. The lowest BCUT2D eigenvalue weighted by Crippen LogP contribution is -2.70. The molecule has 0 radical (unpaired) electrons. The molecule has 120 heavy (non-hydrogen) atoms. The van der Waals surface area contributed by atoms with Crippen molar-refractivity contribution in [3.8, 4) is 0 Å². The Kier molecular flexibility index (Phi) is 36.4. The molecule has 22 fully saturated rings. The molecule has 3 amide bonds. The third-order valence-corrected chi connectivity index (χ3v) is 21.4. The van der Waals surface area contributed by atoms with Crippen LogP contribution in [0.15, 0.2) is 51.2 Å². The molecule has 22 saturated heterocycles. The van der Waals surface area contributed by atoms with Gasteiger partial charge in [-0.2, -0.15) is 15.0 Å². The molecule has 0 aliphatic carbocycles. The van der Waals surface area contributed by atoms with Gasteiger partial charge in [-0.05, 0) is 0 Å². The highest BCUT2D eigenvalue weighted by Crippen LogP contribution is 2.42. The van der Waals surface area contributed by atoms with Gasteiger partial charge in [-0.15, -0.1) is 14.2 Å². The highest BCUT2D eigenvalue weighted by Gasteiger charge is 2.61. The van der Waals surface area contributed by atoms with E-state index in [4.69, 9.17) is 128 Å². The van der Waals surface area contributed by atoms with Gasteiger partial charge in [0, 0.05) is 183 Å². The molecule has 3 aromatic rings. The zero-order valence-corrected chi connectivity index (χ0v) is 69.3. The summed E-state index contributed by atoms with van der Waals surface area (Å²) in [5, 5.41) is 46.7. The number of hydrogen-bond donors (Lipinski definition) is 9. The molecule has 0 spiro atoms. The Hall–Kier alpha value is -7.23. The predicted molar refractivity (Wildman–Crippen MR) is 402 cm³/mol. The van der Waals surface area contributed by atoms with Crippen LogP contribution >= 0.6 is 0 Å². The van der Waals surface area contributed by atoms with Gasteiger partial charge >= 0.3 is 17.1 Å². The van der Waals surface area contributed by atoms with Crippen LogP contribution in [0.2, 0.25) is 0 Å². The van der Waals surface area contributed by atoms with E-state index in [1.807, 2.05) is 0 Å². The Morgan fingerprint density at radius 3 is 0.683 bits per heavy atom. The number of hydrogen-bond acceptors (Lipinski definition) is 42. The minimum Gasteiger partial charge on any atom is -0.424 e. The molecular weight excluding hydrogens is 1610 g/mol. The van der Waals surface area contributed by atoms with Crippen molar-refractivity contribution in [1.82, 2.24) is 45.1 Å². The van der Waals surface area contributed by atoms with Crippen molar-refractivity contribution in [2.75, 3.05) is 182 Å². The Morgan fingerprint density at radius 1 is 0.308 bits per heavy atom. The van der Waals surface area contributed by atoms with Crippen LogP contribution < -0.4 is 49.0 Å². The quantitative estimate of drug-likeness (QED) is 0.0246. The molecule has 22 aliphatic rings.